The first-order valence-corrected chi connectivity index (χ1v) is 16.1. The molecule has 16 nitrogen and oxygen atoms in total. The highest BCUT2D eigenvalue weighted by Crippen LogP contribution is 2.20. The van der Waals surface area contributed by atoms with E-state index in [4.69, 9.17) is 31.5 Å². The number of hydrogen-bond donors (Lipinski definition) is 6. The number of H-pyrrole nitrogens is 1. The minimum Gasteiger partial charge on any atom is -0.469 e. The fraction of sp³-hybridized carbons (Fsp3) is 0.303. The zero-order valence-corrected chi connectivity index (χ0v) is 28.3. The summed E-state index contributed by atoms with van der Waals surface area (Å²) in [6, 6.07) is 15.2. The Bertz CT molecular complexity index is 1820. The molecule has 0 spiro atoms. The van der Waals surface area contributed by atoms with E-state index >= 15 is 0 Å². The second kappa shape index (κ2) is 17.8. The third-order valence-electron chi connectivity index (χ3n) is 7.46. The van der Waals surface area contributed by atoms with Crippen molar-refractivity contribution in [2.75, 3.05) is 36.2 Å². The molecule has 3 unspecified atom stereocenters. The molecule has 4 rings (SSSR count). The highest BCUT2D eigenvalue weighted by atomic mass is 32.1. The maximum atomic E-state index is 13.5. The molecule has 2 heterocycles. The zero-order valence-electron chi connectivity index (χ0n) is 27.4. The number of nitrogens with one attached hydrogen (secondary N) is 2. The number of rotatable bonds is 16. The molecule has 2 aromatic carbocycles. The summed E-state index contributed by atoms with van der Waals surface area (Å²) in [6.07, 6.45) is 1.59. The van der Waals surface area contributed by atoms with Crippen molar-refractivity contribution in [2.24, 2.45) is 28.3 Å². The number of carbonyl (C=O) groups is 4. The Morgan fingerprint density at radius 2 is 1.78 bits per heavy atom. The van der Waals surface area contributed by atoms with Crippen LogP contribution in [0.3, 0.4) is 0 Å². The van der Waals surface area contributed by atoms with Gasteiger partial charge in [0.15, 0.2) is 5.84 Å². The van der Waals surface area contributed by atoms with Gasteiger partial charge >= 0.3 is 17.9 Å². The van der Waals surface area contributed by atoms with E-state index in [1.807, 2.05) is 0 Å². The van der Waals surface area contributed by atoms with Gasteiger partial charge in [0, 0.05) is 41.2 Å². The Labute approximate surface area is 293 Å². The number of imidazole rings is 1. The van der Waals surface area contributed by atoms with Crippen LogP contribution < -0.4 is 27.4 Å². The smallest absolute Gasteiger partial charge is 0.352 e. The van der Waals surface area contributed by atoms with Gasteiger partial charge in [-0.1, -0.05) is 18.1 Å². The van der Waals surface area contributed by atoms with Crippen LogP contribution in [0.25, 0.3) is 11.0 Å². The largest absolute Gasteiger partial charge is 0.469 e. The average molecular weight is 706 g/mol. The van der Waals surface area contributed by atoms with Crippen LogP contribution in [-0.2, 0) is 35.2 Å². The summed E-state index contributed by atoms with van der Waals surface area (Å²) < 4.78 is 9.79. The second-order valence-electron chi connectivity index (χ2n) is 11.1. The van der Waals surface area contributed by atoms with Crippen molar-refractivity contribution in [3.05, 3.63) is 83.8 Å². The quantitative estimate of drug-likeness (QED) is 0.0243. The van der Waals surface area contributed by atoms with Gasteiger partial charge in [-0.25, -0.2) is 14.8 Å². The minimum absolute atomic E-state index is 0.0119. The fourth-order valence-corrected chi connectivity index (χ4v) is 4.61. The Balaban J connectivity index is 1.33. The number of carbonyl (C=O) groups excluding carboxylic acids is 4. The summed E-state index contributed by atoms with van der Waals surface area (Å²) in [4.78, 5) is 67.8. The first kappa shape index (κ1) is 37.3. The maximum absolute atomic E-state index is 13.5. The topological polar surface area (TPSA) is 243 Å². The van der Waals surface area contributed by atoms with E-state index in [2.05, 4.69) is 38.1 Å². The molecule has 8 N–H and O–H groups in total. The number of thiol groups is 1. The predicted molar refractivity (Wildman–Crippen MR) is 189 cm³/mol. The van der Waals surface area contributed by atoms with Gasteiger partial charge in [-0.3, -0.25) is 19.3 Å². The number of ether oxygens (including phenoxy) is 2. The Morgan fingerprint density at radius 3 is 2.46 bits per heavy atom. The molecule has 0 fully saturated rings. The molecule has 4 aromatic rings. The molecular formula is C33H39N9O7S. The van der Waals surface area contributed by atoms with Gasteiger partial charge in [0.2, 0.25) is 0 Å². The lowest BCUT2D eigenvalue weighted by Crippen LogP contribution is -2.41. The molecule has 0 radical (unpaired) electrons. The van der Waals surface area contributed by atoms with Crippen LogP contribution >= 0.6 is 12.6 Å². The Morgan fingerprint density at radius 1 is 1.04 bits per heavy atom. The van der Waals surface area contributed by atoms with Crippen molar-refractivity contribution in [3.8, 4) is 0 Å². The number of aromatic amines is 1. The highest BCUT2D eigenvalue weighted by molar-refractivity contribution is 7.80. The first-order chi connectivity index (χ1) is 24.0. The van der Waals surface area contributed by atoms with Crippen LogP contribution in [0.2, 0.25) is 0 Å². The first-order valence-electron chi connectivity index (χ1n) is 15.5. The zero-order chi connectivity index (χ0) is 36.2. The Hall–Kier alpha value is -5.52. The van der Waals surface area contributed by atoms with Crippen LogP contribution in [0.4, 0.5) is 11.5 Å². The van der Waals surface area contributed by atoms with Crippen LogP contribution in [0.5, 0.6) is 0 Å². The number of benzene rings is 2. The van der Waals surface area contributed by atoms with E-state index in [1.165, 1.54) is 12.0 Å². The lowest BCUT2D eigenvalue weighted by Gasteiger charge is -2.21. The van der Waals surface area contributed by atoms with E-state index in [0.29, 0.717) is 40.3 Å². The Kier molecular flexibility index (Phi) is 13.2. The number of nitrogens with two attached hydrogens (primary N) is 3. The lowest BCUT2D eigenvalue weighted by atomic mass is 10.0. The molecule has 0 aliphatic carbocycles. The van der Waals surface area contributed by atoms with E-state index in [0.717, 1.165) is 5.69 Å². The molecule has 2 aromatic heterocycles. The third kappa shape index (κ3) is 10.0. The molecule has 0 bridgehead atoms. The van der Waals surface area contributed by atoms with Gasteiger partial charge in [0.05, 0.1) is 37.7 Å². The third-order valence-corrected chi connectivity index (χ3v) is 7.86. The second-order valence-corrected chi connectivity index (χ2v) is 11.5. The fourth-order valence-electron chi connectivity index (χ4n) is 4.46. The summed E-state index contributed by atoms with van der Waals surface area (Å²) in [5.74, 6) is -1.71. The number of hydrogen-bond acceptors (Lipinski definition) is 14. The molecule has 3 atom stereocenters. The van der Waals surface area contributed by atoms with Gasteiger partial charge in [0.1, 0.15) is 23.7 Å². The van der Waals surface area contributed by atoms with E-state index in [1.54, 1.807) is 73.8 Å². The molecule has 1 amide bonds. The number of anilines is 2. The summed E-state index contributed by atoms with van der Waals surface area (Å²) in [5.41, 5.74) is 20.4. The molecule has 0 saturated heterocycles. The van der Waals surface area contributed by atoms with Crippen molar-refractivity contribution in [1.82, 2.24) is 15.0 Å². The van der Waals surface area contributed by atoms with Gasteiger partial charge in [-0.2, -0.15) is 12.6 Å². The SMILES string of the molecule is COC(=O)CCN(C(=O)c1ccc2nc(CNc3ccc(/C(N)=N/OC(=O)C(N)C(C)COC(=O)C(N)CS)cc3)[nH]c2c1)c1ccccn1. The number of fused-ring (bicyclic) bond motifs is 1. The number of pyridine rings is 1. The van der Waals surface area contributed by atoms with Gasteiger partial charge in [-0.15, -0.1) is 0 Å². The molecule has 17 heteroatoms. The molecule has 50 heavy (non-hydrogen) atoms. The number of aromatic nitrogens is 3. The van der Waals surface area contributed by atoms with E-state index in [9.17, 15) is 19.2 Å². The summed E-state index contributed by atoms with van der Waals surface area (Å²) >= 11 is 3.94. The van der Waals surface area contributed by atoms with Crippen LogP contribution in [0.1, 0.15) is 35.1 Å². The number of oxime groups is 1. The molecule has 264 valence electrons. The number of amides is 1. The van der Waals surface area contributed by atoms with Crippen LogP contribution in [0, 0.1) is 5.92 Å². The minimum atomic E-state index is -1.12. The van der Waals surface area contributed by atoms with Crippen molar-refractivity contribution in [1.29, 1.82) is 0 Å². The molecule has 0 saturated carbocycles. The van der Waals surface area contributed by atoms with E-state index < -0.39 is 35.9 Å². The number of methoxy groups -OCH3 is 1. The molecule has 0 aliphatic rings. The van der Waals surface area contributed by atoms with Gasteiger partial charge in [0.25, 0.3) is 5.91 Å². The van der Waals surface area contributed by atoms with Crippen molar-refractivity contribution in [2.45, 2.75) is 32.0 Å². The highest BCUT2D eigenvalue weighted by Gasteiger charge is 2.25. The monoisotopic (exact) mass is 705 g/mol. The molecule has 0 aliphatic heterocycles. The maximum Gasteiger partial charge on any atom is 0.352 e. The predicted octanol–water partition coefficient (Wildman–Crippen LogP) is 1.71. The number of amidine groups is 1. The van der Waals surface area contributed by atoms with Gasteiger partial charge < -0.3 is 41.8 Å². The normalized spacial score (nSPS) is 13.2. The average Bonchev–Trinajstić information content (AvgIpc) is 3.57. The van der Waals surface area contributed by atoms with Crippen molar-refractivity contribution in [3.63, 3.8) is 0 Å². The van der Waals surface area contributed by atoms with Crippen LogP contribution in [-0.4, -0.2) is 82.7 Å². The van der Waals surface area contributed by atoms with Gasteiger partial charge in [-0.05, 0) is 54.6 Å². The van der Waals surface area contributed by atoms with Crippen molar-refractivity contribution < 1.29 is 33.5 Å². The molecular weight excluding hydrogens is 666 g/mol. The van der Waals surface area contributed by atoms with E-state index in [-0.39, 0.29) is 37.1 Å². The summed E-state index contributed by atoms with van der Waals surface area (Å²) in [7, 11) is 1.30. The standard InChI is InChI=1S/C33H39N9O7S/c1-19(17-48-32(45)23(34)18-50)29(35)33(46)49-41-30(36)20-6-9-22(10-7-20)38-16-26-39-24-11-8-21(15-25(24)40-26)31(44)42(14-12-28(43)47-2)27-5-3-4-13-37-27/h3-11,13,15,19,23,29,38,50H,12,14,16-18,34-35H2,1-2H3,(H2,36,41)(H,39,40). The lowest BCUT2D eigenvalue weighted by molar-refractivity contribution is -0.151. The van der Waals surface area contributed by atoms with Crippen LogP contribution in [0.15, 0.2) is 72.0 Å². The summed E-state index contributed by atoms with van der Waals surface area (Å²) in [5, 5.41) is 6.95. The number of nitrogens with zero attached hydrogens (tertiary/aromatic N) is 4. The number of esters is 2. The van der Waals surface area contributed by atoms with Crippen molar-refractivity contribution >= 4 is 64.8 Å². The summed E-state index contributed by atoms with van der Waals surface area (Å²) in [6.45, 7) is 1.91.